The first kappa shape index (κ1) is 7.20. The molecule has 0 spiro atoms. The Hall–Kier alpha value is -0.460. The average Bonchev–Trinajstić information content (AvgIpc) is 2.35. The number of hydrogen-bond acceptors (Lipinski definition) is 1. The Kier molecular flexibility index (Phi) is 1.67. The van der Waals surface area contributed by atoms with Gasteiger partial charge in [-0.25, -0.2) is 0 Å². The van der Waals surface area contributed by atoms with Crippen molar-refractivity contribution in [3.05, 3.63) is 11.8 Å². The van der Waals surface area contributed by atoms with Gasteiger partial charge in [0.1, 0.15) is 0 Å². The lowest BCUT2D eigenvalue weighted by atomic mass is 9.86. The quantitative estimate of drug-likeness (QED) is 0.518. The normalized spacial score (nSPS) is 42.7. The summed E-state index contributed by atoms with van der Waals surface area (Å²) in [6.45, 7) is 5.52. The van der Waals surface area contributed by atoms with Gasteiger partial charge in [0.2, 0.25) is 0 Å². The Morgan fingerprint density at radius 3 is 3.00 bits per heavy atom. The zero-order chi connectivity index (χ0) is 7.84. The highest BCUT2D eigenvalue weighted by Gasteiger charge is 2.36. The van der Waals surface area contributed by atoms with Crippen LogP contribution in [0, 0.1) is 17.8 Å². The Morgan fingerprint density at radius 1 is 1.45 bits per heavy atom. The largest absolute Gasteiger partial charge is 0.501 e. The lowest BCUT2D eigenvalue weighted by Crippen LogP contribution is -2.23. The van der Waals surface area contributed by atoms with Gasteiger partial charge in [-0.1, -0.05) is 6.92 Å². The molecule has 0 saturated heterocycles. The zero-order valence-corrected chi connectivity index (χ0v) is 7.34. The molecule has 1 aliphatic heterocycles. The van der Waals surface area contributed by atoms with Crippen molar-refractivity contribution in [3.8, 4) is 0 Å². The summed E-state index contributed by atoms with van der Waals surface area (Å²) >= 11 is 0. The Morgan fingerprint density at radius 2 is 2.27 bits per heavy atom. The molecule has 1 nitrogen and oxygen atoms in total. The van der Waals surface area contributed by atoms with Crippen molar-refractivity contribution in [3.63, 3.8) is 0 Å². The summed E-state index contributed by atoms with van der Waals surface area (Å²) in [5.74, 6) is 2.54. The van der Waals surface area contributed by atoms with Gasteiger partial charge in [0.05, 0.1) is 12.9 Å². The molecule has 1 fully saturated rings. The van der Waals surface area contributed by atoms with E-state index < -0.39 is 0 Å². The second-order valence-electron chi connectivity index (χ2n) is 4.02. The molecular formula is C10H16O. The van der Waals surface area contributed by atoms with Gasteiger partial charge in [0.25, 0.3) is 0 Å². The third-order valence-corrected chi connectivity index (χ3v) is 3.32. The number of rotatable bonds is 0. The monoisotopic (exact) mass is 152 g/mol. The average molecular weight is 152 g/mol. The van der Waals surface area contributed by atoms with Crippen LogP contribution < -0.4 is 0 Å². The first-order valence-corrected chi connectivity index (χ1v) is 4.57. The van der Waals surface area contributed by atoms with E-state index >= 15 is 0 Å². The third kappa shape index (κ3) is 1.07. The minimum absolute atomic E-state index is 0.819. The summed E-state index contributed by atoms with van der Waals surface area (Å²) in [5.41, 5.74) is 1.46. The number of allylic oxidation sites excluding steroid dienone is 1. The molecule has 2 aliphatic rings. The van der Waals surface area contributed by atoms with Gasteiger partial charge in [0.15, 0.2) is 0 Å². The van der Waals surface area contributed by atoms with Crippen LogP contribution in [0.4, 0.5) is 0 Å². The molecule has 3 atom stereocenters. The molecule has 0 aromatic heterocycles. The predicted molar refractivity (Wildman–Crippen MR) is 45.1 cm³/mol. The number of fused-ring (bicyclic) bond motifs is 1. The Balaban J connectivity index is 2.18. The van der Waals surface area contributed by atoms with Crippen molar-refractivity contribution in [2.24, 2.45) is 17.8 Å². The molecule has 1 saturated carbocycles. The van der Waals surface area contributed by atoms with Gasteiger partial charge in [0, 0.05) is 5.92 Å². The molecule has 11 heavy (non-hydrogen) atoms. The van der Waals surface area contributed by atoms with E-state index in [4.69, 9.17) is 4.74 Å². The van der Waals surface area contributed by atoms with Crippen molar-refractivity contribution >= 4 is 0 Å². The predicted octanol–water partition coefficient (Wildman–Crippen LogP) is 2.58. The SMILES string of the molecule is CC1=COC[C@@H]2C(C)CC[C@H]12. The van der Waals surface area contributed by atoms with E-state index in [2.05, 4.69) is 13.8 Å². The molecule has 0 radical (unpaired) electrons. The molecule has 1 heteroatoms. The molecule has 0 bridgehead atoms. The molecular weight excluding hydrogens is 136 g/mol. The van der Waals surface area contributed by atoms with Crippen molar-refractivity contribution in [2.45, 2.75) is 26.7 Å². The van der Waals surface area contributed by atoms with Crippen molar-refractivity contribution in [1.82, 2.24) is 0 Å². The molecule has 0 amide bonds. The highest BCUT2D eigenvalue weighted by Crippen LogP contribution is 2.42. The summed E-state index contributed by atoms with van der Waals surface area (Å²) in [7, 11) is 0. The smallest absolute Gasteiger partial charge is 0.0909 e. The molecule has 2 rings (SSSR count). The van der Waals surface area contributed by atoms with E-state index in [1.165, 1.54) is 18.4 Å². The van der Waals surface area contributed by atoms with Crippen LogP contribution in [0.1, 0.15) is 26.7 Å². The summed E-state index contributed by atoms with van der Waals surface area (Å²) in [6.07, 6.45) is 4.74. The first-order valence-electron chi connectivity index (χ1n) is 4.57. The molecule has 62 valence electrons. The van der Waals surface area contributed by atoms with Crippen LogP contribution in [0.5, 0.6) is 0 Å². The highest BCUT2D eigenvalue weighted by atomic mass is 16.5. The van der Waals surface area contributed by atoms with Crippen LogP contribution in [-0.4, -0.2) is 6.61 Å². The molecule has 0 N–H and O–H groups in total. The van der Waals surface area contributed by atoms with E-state index in [0.717, 1.165) is 24.4 Å². The van der Waals surface area contributed by atoms with Gasteiger partial charge in [-0.2, -0.15) is 0 Å². The zero-order valence-electron chi connectivity index (χ0n) is 7.34. The third-order valence-electron chi connectivity index (χ3n) is 3.32. The number of hydrogen-bond donors (Lipinski definition) is 0. The fourth-order valence-electron chi connectivity index (χ4n) is 2.49. The van der Waals surface area contributed by atoms with Gasteiger partial charge in [-0.3, -0.25) is 0 Å². The maximum Gasteiger partial charge on any atom is 0.0909 e. The second-order valence-corrected chi connectivity index (χ2v) is 4.02. The van der Waals surface area contributed by atoms with Crippen LogP contribution in [0.15, 0.2) is 11.8 Å². The topological polar surface area (TPSA) is 9.23 Å². The fourth-order valence-corrected chi connectivity index (χ4v) is 2.49. The molecule has 0 aromatic carbocycles. The second kappa shape index (κ2) is 2.54. The molecule has 1 aliphatic carbocycles. The maximum atomic E-state index is 5.40. The Labute approximate surface area is 68.4 Å². The maximum absolute atomic E-state index is 5.40. The van der Waals surface area contributed by atoms with Gasteiger partial charge < -0.3 is 4.74 Å². The first-order chi connectivity index (χ1) is 5.29. The van der Waals surface area contributed by atoms with E-state index in [9.17, 15) is 0 Å². The van der Waals surface area contributed by atoms with Gasteiger partial charge >= 0.3 is 0 Å². The Bertz CT molecular complexity index is 183. The van der Waals surface area contributed by atoms with Crippen molar-refractivity contribution in [1.29, 1.82) is 0 Å². The summed E-state index contributed by atoms with van der Waals surface area (Å²) in [5, 5.41) is 0. The van der Waals surface area contributed by atoms with Crippen LogP contribution in [0.3, 0.4) is 0 Å². The van der Waals surface area contributed by atoms with E-state index in [1.807, 2.05) is 6.26 Å². The summed E-state index contributed by atoms with van der Waals surface area (Å²) < 4.78 is 5.40. The summed E-state index contributed by atoms with van der Waals surface area (Å²) in [4.78, 5) is 0. The van der Waals surface area contributed by atoms with E-state index in [0.29, 0.717) is 0 Å². The van der Waals surface area contributed by atoms with Gasteiger partial charge in [-0.05, 0) is 37.2 Å². The van der Waals surface area contributed by atoms with Crippen LogP contribution in [0.2, 0.25) is 0 Å². The lowest BCUT2D eigenvalue weighted by molar-refractivity contribution is 0.128. The van der Waals surface area contributed by atoms with Crippen LogP contribution in [-0.2, 0) is 4.74 Å². The lowest BCUT2D eigenvalue weighted by Gasteiger charge is -2.27. The highest BCUT2D eigenvalue weighted by molar-refractivity contribution is 5.08. The van der Waals surface area contributed by atoms with Crippen LogP contribution >= 0.6 is 0 Å². The van der Waals surface area contributed by atoms with Gasteiger partial charge in [-0.15, -0.1) is 0 Å². The van der Waals surface area contributed by atoms with Crippen molar-refractivity contribution < 1.29 is 4.74 Å². The van der Waals surface area contributed by atoms with E-state index in [1.54, 1.807) is 0 Å². The number of ether oxygens (including phenoxy) is 1. The van der Waals surface area contributed by atoms with E-state index in [-0.39, 0.29) is 0 Å². The fraction of sp³-hybridized carbons (Fsp3) is 0.800. The minimum atomic E-state index is 0.819. The molecule has 1 heterocycles. The summed E-state index contributed by atoms with van der Waals surface area (Å²) in [6, 6.07) is 0. The standard InChI is InChI=1S/C10H16O/c1-7-3-4-9-8(2)5-11-6-10(7)9/h5,7,9-10H,3-4,6H2,1-2H3/t7?,9-,10-/m1/s1. The van der Waals surface area contributed by atoms with Crippen LogP contribution in [0.25, 0.3) is 0 Å². The molecule has 0 aromatic rings. The minimum Gasteiger partial charge on any atom is -0.501 e. The molecule has 1 unspecified atom stereocenters. The van der Waals surface area contributed by atoms with Crippen molar-refractivity contribution in [2.75, 3.05) is 6.61 Å².